The molecule has 0 aromatic heterocycles. The van der Waals surface area contributed by atoms with Crippen LogP contribution in [0.2, 0.25) is 5.02 Å². The molecule has 2 atom stereocenters. The SMILES string of the molecule is O=C(CCN1CCCCC1)N1CC2CCC(C(=O)O)(C1)N2S(=O)(=O)c1cc(F)c(Oc2ccc(Cl)cc2)c(F)c1. The lowest BCUT2D eigenvalue weighted by molar-refractivity contribution is -0.153. The van der Waals surface area contributed by atoms with Gasteiger partial charge in [-0.2, -0.15) is 4.31 Å². The lowest BCUT2D eigenvalue weighted by atomic mass is 9.97. The maximum Gasteiger partial charge on any atom is 0.327 e. The lowest BCUT2D eigenvalue weighted by Crippen LogP contribution is -2.67. The van der Waals surface area contributed by atoms with Crippen LogP contribution in [-0.4, -0.2) is 83.8 Å². The number of ether oxygens (including phenoxy) is 1. The molecule has 216 valence electrons. The molecule has 0 spiro atoms. The van der Waals surface area contributed by atoms with Gasteiger partial charge in [0.15, 0.2) is 22.9 Å². The molecule has 5 rings (SSSR count). The average molecular weight is 598 g/mol. The molecule has 2 aromatic carbocycles. The van der Waals surface area contributed by atoms with Crippen molar-refractivity contribution >= 4 is 33.5 Å². The first-order valence-electron chi connectivity index (χ1n) is 13.2. The van der Waals surface area contributed by atoms with Gasteiger partial charge in [0.2, 0.25) is 15.9 Å². The van der Waals surface area contributed by atoms with Gasteiger partial charge in [0.05, 0.1) is 11.4 Å². The number of carboxylic acids is 1. The zero-order valence-corrected chi connectivity index (χ0v) is 23.3. The van der Waals surface area contributed by atoms with Crippen LogP contribution >= 0.6 is 11.6 Å². The van der Waals surface area contributed by atoms with E-state index in [0.29, 0.717) is 23.7 Å². The lowest BCUT2D eigenvalue weighted by Gasteiger charge is -2.45. The van der Waals surface area contributed by atoms with E-state index in [9.17, 15) is 31.9 Å². The highest BCUT2D eigenvalue weighted by Gasteiger charge is 2.61. The first-order chi connectivity index (χ1) is 19.0. The maximum absolute atomic E-state index is 15.0. The second-order valence-electron chi connectivity index (χ2n) is 10.5. The second kappa shape index (κ2) is 11.2. The Morgan fingerprint density at radius 2 is 1.73 bits per heavy atom. The van der Waals surface area contributed by atoms with Gasteiger partial charge in [0, 0.05) is 30.6 Å². The summed E-state index contributed by atoms with van der Waals surface area (Å²) in [5.74, 6) is -4.90. The minimum Gasteiger partial charge on any atom is -0.480 e. The van der Waals surface area contributed by atoms with Gasteiger partial charge in [-0.15, -0.1) is 0 Å². The summed E-state index contributed by atoms with van der Waals surface area (Å²) in [6, 6.07) is 6.12. The zero-order chi connectivity index (χ0) is 28.7. The number of halogens is 3. The van der Waals surface area contributed by atoms with Crippen LogP contribution in [0.15, 0.2) is 41.3 Å². The quantitative estimate of drug-likeness (QED) is 0.488. The Kier molecular flexibility index (Phi) is 8.06. The molecule has 3 aliphatic rings. The fraction of sp³-hybridized carbons (Fsp3) is 0.481. The van der Waals surface area contributed by atoms with E-state index >= 15 is 0 Å². The molecule has 3 fully saturated rings. The van der Waals surface area contributed by atoms with Gasteiger partial charge in [0.1, 0.15) is 5.75 Å². The number of hydrogen-bond donors (Lipinski definition) is 1. The minimum atomic E-state index is -4.67. The summed E-state index contributed by atoms with van der Waals surface area (Å²) >= 11 is 5.82. The van der Waals surface area contributed by atoms with Crippen LogP contribution in [0.3, 0.4) is 0 Å². The van der Waals surface area contributed by atoms with E-state index in [1.807, 2.05) is 0 Å². The van der Waals surface area contributed by atoms with E-state index in [1.165, 1.54) is 29.2 Å². The van der Waals surface area contributed by atoms with Crippen molar-refractivity contribution in [2.24, 2.45) is 0 Å². The number of carbonyl (C=O) groups excluding carboxylic acids is 1. The van der Waals surface area contributed by atoms with Gasteiger partial charge in [-0.1, -0.05) is 18.0 Å². The Balaban J connectivity index is 1.38. The number of benzene rings is 2. The Labute approximate surface area is 236 Å². The monoisotopic (exact) mass is 597 g/mol. The smallest absolute Gasteiger partial charge is 0.327 e. The molecule has 3 saturated heterocycles. The number of rotatable bonds is 8. The van der Waals surface area contributed by atoms with Gasteiger partial charge in [-0.25, -0.2) is 17.2 Å². The maximum atomic E-state index is 15.0. The van der Waals surface area contributed by atoms with E-state index in [2.05, 4.69) is 4.90 Å². The third-order valence-corrected chi connectivity index (χ3v) is 10.2. The number of sulfonamides is 1. The molecule has 40 heavy (non-hydrogen) atoms. The summed E-state index contributed by atoms with van der Waals surface area (Å²) in [5.41, 5.74) is -1.94. The van der Waals surface area contributed by atoms with E-state index in [4.69, 9.17) is 16.3 Å². The summed E-state index contributed by atoms with van der Waals surface area (Å²) in [7, 11) is -4.67. The number of hydrogen-bond acceptors (Lipinski definition) is 6. The van der Waals surface area contributed by atoms with E-state index in [0.717, 1.165) is 36.7 Å². The Morgan fingerprint density at radius 1 is 1.07 bits per heavy atom. The molecule has 1 N–H and O–H groups in total. The van der Waals surface area contributed by atoms with Crippen molar-refractivity contribution in [1.29, 1.82) is 0 Å². The number of likely N-dealkylation sites (tertiary alicyclic amines) is 2. The first kappa shape index (κ1) is 28.7. The predicted molar refractivity (Wildman–Crippen MR) is 142 cm³/mol. The van der Waals surface area contributed by atoms with Crippen LogP contribution in [0.25, 0.3) is 0 Å². The summed E-state index contributed by atoms with van der Waals surface area (Å²) in [5, 5.41) is 10.6. The van der Waals surface area contributed by atoms with Crippen molar-refractivity contribution in [3.05, 3.63) is 53.1 Å². The summed E-state index contributed by atoms with van der Waals surface area (Å²) in [4.78, 5) is 28.5. The van der Waals surface area contributed by atoms with Crippen LogP contribution in [-0.2, 0) is 19.6 Å². The van der Waals surface area contributed by atoms with Crippen molar-refractivity contribution in [2.75, 3.05) is 32.7 Å². The standard InChI is InChI=1S/C27H30ClF2N3O6S/c28-18-4-6-20(7-5-18)39-25-22(29)14-21(15-23(25)30)40(37,38)33-19-8-10-27(33,26(35)36)17-32(16-19)24(34)9-13-31-11-2-1-3-12-31/h4-7,14-15,19H,1-3,8-13,16-17H2,(H,35,36). The van der Waals surface area contributed by atoms with E-state index < -0.39 is 49.9 Å². The van der Waals surface area contributed by atoms with Gasteiger partial charge in [0.25, 0.3) is 0 Å². The average Bonchev–Trinajstić information content (AvgIpc) is 3.19. The molecule has 1 amide bonds. The molecule has 2 aromatic rings. The highest BCUT2D eigenvalue weighted by Crippen LogP contribution is 2.44. The predicted octanol–water partition coefficient (Wildman–Crippen LogP) is 4.11. The molecule has 3 aliphatic heterocycles. The largest absolute Gasteiger partial charge is 0.480 e. The fourth-order valence-electron chi connectivity index (χ4n) is 5.93. The number of carbonyl (C=O) groups is 2. The number of nitrogens with zero attached hydrogens (tertiary/aromatic N) is 3. The van der Waals surface area contributed by atoms with E-state index in [-0.39, 0.29) is 44.0 Å². The second-order valence-corrected chi connectivity index (χ2v) is 12.8. The fourth-order valence-corrected chi connectivity index (χ4v) is 8.04. The van der Waals surface area contributed by atoms with Gasteiger partial charge >= 0.3 is 5.97 Å². The Bertz CT molecular complexity index is 1380. The minimum absolute atomic E-state index is 0.00974. The topological polar surface area (TPSA) is 107 Å². The van der Waals surface area contributed by atoms with Crippen molar-refractivity contribution < 1.29 is 36.6 Å². The Morgan fingerprint density at radius 3 is 2.35 bits per heavy atom. The molecule has 0 aliphatic carbocycles. The molecular formula is C27H30ClF2N3O6S. The van der Waals surface area contributed by atoms with Crippen LogP contribution in [0.4, 0.5) is 8.78 Å². The number of aliphatic carboxylic acids is 1. The van der Waals surface area contributed by atoms with Crippen LogP contribution in [0, 0.1) is 11.6 Å². The van der Waals surface area contributed by atoms with Crippen molar-refractivity contribution in [1.82, 2.24) is 14.1 Å². The van der Waals surface area contributed by atoms with E-state index in [1.54, 1.807) is 0 Å². The molecule has 2 unspecified atom stereocenters. The van der Waals surface area contributed by atoms with Gasteiger partial charge < -0.3 is 19.6 Å². The molecule has 0 radical (unpaired) electrons. The van der Waals surface area contributed by atoms with Crippen LogP contribution in [0.5, 0.6) is 11.5 Å². The first-order valence-corrected chi connectivity index (χ1v) is 15.0. The molecule has 0 saturated carbocycles. The van der Waals surface area contributed by atoms with Crippen molar-refractivity contribution in [3.8, 4) is 11.5 Å². The van der Waals surface area contributed by atoms with Crippen LogP contribution < -0.4 is 4.74 Å². The van der Waals surface area contributed by atoms with Crippen LogP contribution in [0.1, 0.15) is 38.5 Å². The molecule has 13 heteroatoms. The summed E-state index contributed by atoms with van der Waals surface area (Å²) in [6.07, 6.45) is 3.69. The van der Waals surface area contributed by atoms with Gasteiger partial charge in [-0.05, 0) is 75.2 Å². The normalized spacial score (nSPS) is 23.8. The molecule has 9 nitrogen and oxygen atoms in total. The summed E-state index contributed by atoms with van der Waals surface area (Å²) < 4.78 is 63.6. The third kappa shape index (κ3) is 5.41. The Hall–Kier alpha value is -2.80. The molecule has 3 heterocycles. The number of piperidine rings is 1. The zero-order valence-electron chi connectivity index (χ0n) is 21.7. The highest BCUT2D eigenvalue weighted by atomic mass is 35.5. The van der Waals surface area contributed by atoms with Crippen molar-refractivity contribution in [3.63, 3.8) is 0 Å². The number of carboxylic acid groups (broad SMARTS) is 1. The van der Waals surface area contributed by atoms with Gasteiger partial charge in [-0.3, -0.25) is 9.59 Å². The number of amides is 1. The summed E-state index contributed by atoms with van der Waals surface area (Å²) in [6.45, 7) is 2.07. The molecular weight excluding hydrogens is 568 g/mol. The van der Waals surface area contributed by atoms with Crippen molar-refractivity contribution in [2.45, 2.75) is 55.0 Å². The molecule has 2 bridgehead atoms. The number of piperazine rings is 1. The highest BCUT2D eigenvalue weighted by molar-refractivity contribution is 7.89. The number of fused-ring (bicyclic) bond motifs is 2. The third-order valence-electron chi connectivity index (χ3n) is 7.93.